The Morgan fingerprint density at radius 3 is 2.34 bits per heavy atom. The van der Waals surface area contributed by atoms with Crippen LogP contribution in [-0.4, -0.2) is 55.6 Å². The van der Waals surface area contributed by atoms with Gasteiger partial charge in [-0.2, -0.15) is 0 Å². The lowest BCUT2D eigenvalue weighted by Crippen LogP contribution is -2.49. The molecule has 35 heavy (non-hydrogen) atoms. The first-order valence-electron chi connectivity index (χ1n) is 13.0. The lowest BCUT2D eigenvalue weighted by atomic mass is 9.73. The summed E-state index contributed by atoms with van der Waals surface area (Å²) in [6.07, 6.45) is 1.51. The van der Waals surface area contributed by atoms with Gasteiger partial charge in [-0.3, -0.25) is 14.4 Å². The van der Waals surface area contributed by atoms with Crippen LogP contribution in [0.25, 0.3) is 0 Å². The van der Waals surface area contributed by atoms with Gasteiger partial charge in [-0.1, -0.05) is 34.6 Å². The first-order chi connectivity index (χ1) is 16.6. The van der Waals surface area contributed by atoms with E-state index in [1.807, 2.05) is 34.6 Å². The third-order valence-corrected chi connectivity index (χ3v) is 8.69. The fraction of sp³-hybridized carbons (Fsp3) is 0.846. The van der Waals surface area contributed by atoms with Crippen molar-refractivity contribution >= 4 is 23.9 Å². The normalized spacial score (nSPS) is 30.5. The number of hydrogen-bond donors (Lipinski definition) is 0. The first-order valence-corrected chi connectivity index (χ1v) is 13.0. The van der Waals surface area contributed by atoms with E-state index in [9.17, 15) is 19.2 Å². The largest absolute Gasteiger partial charge is 0.457 e. The first kappa shape index (κ1) is 27.4. The molecule has 0 spiro atoms. The zero-order chi connectivity index (χ0) is 26.0. The third-order valence-electron chi connectivity index (χ3n) is 8.69. The van der Waals surface area contributed by atoms with E-state index in [1.54, 1.807) is 6.92 Å². The Morgan fingerprint density at radius 2 is 1.77 bits per heavy atom. The number of fused-ring (bicyclic) bond motifs is 1. The van der Waals surface area contributed by atoms with Crippen molar-refractivity contribution in [1.82, 2.24) is 0 Å². The van der Waals surface area contributed by atoms with E-state index < -0.39 is 60.3 Å². The van der Waals surface area contributed by atoms with Gasteiger partial charge in [0, 0.05) is 23.9 Å². The highest BCUT2D eigenvalue weighted by Gasteiger charge is 2.75. The van der Waals surface area contributed by atoms with Gasteiger partial charge in [-0.05, 0) is 45.4 Å². The van der Waals surface area contributed by atoms with Crippen molar-refractivity contribution in [2.24, 2.45) is 28.6 Å². The molecule has 1 heterocycles. The molecule has 1 saturated heterocycles. The van der Waals surface area contributed by atoms with E-state index in [-0.39, 0.29) is 23.7 Å². The lowest BCUT2D eigenvalue weighted by molar-refractivity contribution is -0.223. The maximum absolute atomic E-state index is 13.5. The molecule has 1 aliphatic heterocycles. The van der Waals surface area contributed by atoms with Crippen molar-refractivity contribution in [2.75, 3.05) is 13.2 Å². The van der Waals surface area contributed by atoms with Crippen LogP contribution in [0.5, 0.6) is 0 Å². The SMILES string of the molecule is CCOC(OC(=O)C12CC3CC1C(OC2=O)C3OC(=O)COC(=O)C(C)CC)C(CC)(CC)CC. The second-order valence-corrected chi connectivity index (χ2v) is 10.1. The second kappa shape index (κ2) is 10.8. The second-order valence-electron chi connectivity index (χ2n) is 10.1. The van der Waals surface area contributed by atoms with Crippen LogP contribution in [-0.2, 0) is 42.9 Å². The number of ether oxygens (including phenoxy) is 5. The number of carbonyl (C=O) groups is 4. The molecule has 0 amide bonds. The Balaban J connectivity index is 1.69. The fourth-order valence-corrected chi connectivity index (χ4v) is 6.00. The molecule has 9 nitrogen and oxygen atoms in total. The summed E-state index contributed by atoms with van der Waals surface area (Å²) in [5.74, 6) is -3.32. The summed E-state index contributed by atoms with van der Waals surface area (Å²) in [4.78, 5) is 50.7. The summed E-state index contributed by atoms with van der Waals surface area (Å²) < 4.78 is 28.0. The summed E-state index contributed by atoms with van der Waals surface area (Å²) in [5, 5.41) is 0. The minimum Gasteiger partial charge on any atom is -0.457 e. The average Bonchev–Trinajstić information content (AvgIpc) is 3.46. The van der Waals surface area contributed by atoms with Gasteiger partial charge in [0.15, 0.2) is 12.0 Å². The van der Waals surface area contributed by atoms with Crippen LogP contribution < -0.4 is 0 Å². The van der Waals surface area contributed by atoms with Crippen molar-refractivity contribution in [3.05, 3.63) is 0 Å². The van der Waals surface area contributed by atoms with Crippen LogP contribution in [0.15, 0.2) is 0 Å². The molecule has 0 aromatic carbocycles. The van der Waals surface area contributed by atoms with Crippen molar-refractivity contribution in [3.63, 3.8) is 0 Å². The molecule has 3 rings (SSSR count). The highest BCUT2D eigenvalue weighted by atomic mass is 16.7. The van der Waals surface area contributed by atoms with E-state index in [0.29, 0.717) is 19.4 Å². The molecule has 198 valence electrons. The Labute approximate surface area is 207 Å². The molecule has 0 N–H and O–H groups in total. The summed E-state index contributed by atoms with van der Waals surface area (Å²) in [5.41, 5.74) is -1.73. The van der Waals surface area contributed by atoms with Crippen LogP contribution in [0.3, 0.4) is 0 Å². The molecule has 0 aromatic rings. The smallest absolute Gasteiger partial charge is 0.344 e. The van der Waals surface area contributed by atoms with E-state index in [1.165, 1.54) is 0 Å². The van der Waals surface area contributed by atoms with Gasteiger partial charge in [0.05, 0.1) is 5.92 Å². The maximum atomic E-state index is 13.5. The monoisotopic (exact) mass is 496 g/mol. The lowest BCUT2D eigenvalue weighted by Gasteiger charge is -2.39. The van der Waals surface area contributed by atoms with Gasteiger partial charge >= 0.3 is 23.9 Å². The standard InChI is InChI=1S/C26H40O9/c1-7-15(6)21(28)32-14-18(27)33-19-16-12-17-20(19)34-22(29)26(17,13-16)23(30)35-24(31-11-5)25(8-2,9-3)10-4/h15-17,19-20,24H,7-14H2,1-6H3. The maximum Gasteiger partial charge on any atom is 0.344 e. The van der Waals surface area contributed by atoms with Crippen molar-refractivity contribution in [3.8, 4) is 0 Å². The Bertz CT molecular complexity index is 811. The number of rotatable bonds is 13. The van der Waals surface area contributed by atoms with Gasteiger partial charge in [-0.25, -0.2) is 4.79 Å². The molecule has 2 aliphatic carbocycles. The fourth-order valence-electron chi connectivity index (χ4n) is 6.00. The summed E-state index contributed by atoms with van der Waals surface area (Å²) in [7, 11) is 0. The molecule has 0 aromatic heterocycles. The van der Waals surface area contributed by atoms with E-state index >= 15 is 0 Å². The summed E-state index contributed by atoms with van der Waals surface area (Å²) in [6, 6.07) is 0. The zero-order valence-electron chi connectivity index (χ0n) is 21.8. The van der Waals surface area contributed by atoms with Crippen molar-refractivity contribution in [1.29, 1.82) is 0 Å². The highest BCUT2D eigenvalue weighted by molar-refractivity contribution is 6.03. The van der Waals surface area contributed by atoms with E-state index in [0.717, 1.165) is 19.3 Å². The Hall–Kier alpha value is -2.16. The molecule has 3 fully saturated rings. The van der Waals surface area contributed by atoms with Gasteiger partial charge in [0.1, 0.15) is 12.2 Å². The quantitative estimate of drug-likeness (QED) is 0.163. The molecule has 7 atom stereocenters. The average molecular weight is 497 g/mol. The predicted octanol–water partition coefficient (Wildman–Crippen LogP) is 3.56. The van der Waals surface area contributed by atoms with E-state index in [2.05, 4.69) is 0 Å². The molecule has 2 bridgehead atoms. The van der Waals surface area contributed by atoms with Crippen LogP contribution in [0.1, 0.15) is 80.1 Å². The molecular weight excluding hydrogens is 456 g/mol. The number of hydrogen-bond acceptors (Lipinski definition) is 9. The summed E-state index contributed by atoms with van der Waals surface area (Å²) in [6.45, 7) is 11.4. The molecular formula is C26H40O9. The molecule has 9 heteroatoms. The van der Waals surface area contributed by atoms with Gasteiger partial charge in [0.2, 0.25) is 6.29 Å². The van der Waals surface area contributed by atoms with Crippen molar-refractivity contribution in [2.45, 2.75) is 98.6 Å². The number of carbonyl (C=O) groups excluding carboxylic acids is 4. The van der Waals surface area contributed by atoms with Crippen LogP contribution in [0.2, 0.25) is 0 Å². The predicted molar refractivity (Wildman–Crippen MR) is 124 cm³/mol. The van der Waals surface area contributed by atoms with Gasteiger partial charge in [-0.15, -0.1) is 0 Å². The summed E-state index contributed by atoms with van der Waals surface area (Å²) >= 11 is 0. The van der Waals surface area contributed by atoms with Crippen LogP contribution in [0, 0.1) is 28.6 Å². The molecule has 2 saturated carbocycles. The van der Waals surface area contributed by atoms with Crippen LogP contribution in [0.4, 0.5) is 0 Å². The third kappa shape index (κ3) is 4.68. The number of esters is 4. The Morgan fingerprint density at radius 1 is 1.11 bits per heavy atom. The van der Waals surface area contributed by atoms with E-state index in [4.69, 9.17) is 23.7 Å². The highest BCUT2D eigenvalue weighted by Crippen LogP contribution is 2.63. The Kier molecular flexibility index (Phi) is 8.50. The van der Waals surface area contributed by atoms with Crippen molar-refractivity contribution < 1.29 is 42.9 Å². The molecule has 0 radical (unpaired) electrons. The topological polar surface area (TPSA) is 114 Å². The minimum absolute atomic E-state index is 0.201. The molecule has 3 aliphatic rings. The molecule has 7 unspecified atom stereocenters. The van der Waals surface area contributed by atoms with Gasteiger partial charge in [0.25, 0.3) is 0 Å². The zero-order valence-corrected chi connectivity index (χ0v) is 21.8. The van der Waals surface area contributed by atoms with Gasteiger partial charge < -0.3 is 23.7 Å². The van der Waals surface area contributed by atoms with Crippen LogP contribution >= 0.6 is 0 Å². The minimum atomic E-state index is -1.39.